The molecule has 10 aromatic rings. The van der Waals surface area contributed by atoms with Crippen molar-refractivity contribution in [2.24, 2.45) is 0 Å². The van der Waals surface area contributed by atoms with Crippen molar-refractivity contribution >= 4 is 55.4 Å². The van der Waals surface area contributed by atoms with E-state index in [1.165, 1.54) is 42.5 Å². The number of aromatic nitrogens is 5. The van der Waals surface area contributed by atoms with Gasteiger partial charge in [-0.05, 0) is 65.7 Å². The van der Waals surface area contributed by atoms with Gasteiger partial charge in [0.1, 0.15) is 0 Å². The van der Waals surface area contributed by atoms with Crippen LogP contribution in [0.4, 0.5) is 0 Å². The summed E-state index contributed by atoms with van der Waals surface area (Å²) in [5, 5.41) is 4.85. The molecule has 6 heteroatoms. The lowest BCUT2D eigenvalue weighted by atomic mass is 9.67. The van der Waals surface area contributed by atoms with E-state index >= 15 is 0 Å². The van der Waals surface area contributed by atoms with Crippen molar-refractivity contribution in [2.75, 3.05) is 0 Å². The number of nitrogens with zero attached hydrogens (tertiary/aromatic N) is 5. The average molecular weight is 682 g/mol. The molecule has 242 valence electrons. The van der Waals surface area contributed by atoms with Crippen molar-refractivity contribution in [1.82, 2.24) is 24.1 Å². The molecule has 0 amide bonds. The van der Waals surface area contributed by atoms with Gasteiger partial charge in [-0.1, -0.05) is 96.7 Å². The Morgan fingerprint density at radius 2 is 1.10 bits per heavy atom. The van der Waals surface area contributed by atoms with Crippen LogP contribution in [-0.2, 0) is 5.41 Å². The van der Waals surface area contributed by atoms with Gasteiger partial charge in [-0.15, -0.1) is 0 Å². The van der Waals surface area contributed by atoms with Crippen LogP contribution >= 0.6 is 11.8 Å². The highest BCUT2D eigenvalue weighted by Gasteiger charge is 2.53. The van der Waals surface area contributed by atoms with Crippen LogP contribution in [0.2, 0.25) is 0 Å². The van der Waals surface area contributed by atoms with E-state index in [1.807, 2.05) is 36.5 Å². The molecule has 1 aliphatic heterocycles. The Balaban J connectivity index is 1.25. The molecule has 5 aromatic carbocycles. The maximum absolute atomic E-state index is 5.35. The normalized spacial score (nSPS) is 15.7. The first-order valence-corrected chi connectivity index (χ1v) is 18.3. The minimum atomic E-state index is -0.700. The molecule has 0 saturated heterocycles. The predicted molar refractivity (Wildman–Crippen MR) is 210 cm³/mol. The van der Waals surface area contributed by atoms with E-state index in [0.29, 0.717) is 0 Å². The third-order valence-electron chi connectivity index (χ3n) is 11.2. The Labute approximate surface area is 302 Å². The van der Waals surface area contributed by atoms with Crippen LogP contribution in [0.3, 0.4) is 0 Å². The van der Waals surface area contributed by atoms with Gasteiger partial charge in [0.2, 0.25) is 0 Å². The first-order valence-electron chi connectivity index (χ1n) is 17.5. The summed E-state index contributed by atoms with van der Waals surface area (Å²) in [4.78, 5) is 17.5. The summed E-state index contributed by atoms with van der Waals surface area (Å²) in [5.74, 6) is 0. The van der Waals surface area contributed by atoms with E-state index in [2.05, 4.69) is 154 Å². The summed E-state index contributed by atoms with van der Waals surface area (Å²) in [5.41, 5.74) is 12.6. The Morgan fingerprint density at radius 1 is 0.462 bits per heavy atom. The molecule has 0 N–H and O–H groups in total. The average Bonchev–Trinajstić information content (AvgIpc) is 3.82. The fraction of sp³-hybridized carbons (Fsp3) is 0.0217. The largest absolute Gasteiger partial charge is 0.308 e. The van der Waals surface area contributed by atoms with Crippen molar-refractivity contribution in [3.05, 3.63) is 187 Å². The maximum atomic E-state index is 5.35. The summed E-state index contributed by atoms with van der Waals surface area (Å²) < 4.78 is 4.79. The highest BCUT2D eigenvalue weighted by molar-refractivity contribution is 7.99. The topological polar surface area (TPSA) is 48.5 Å². The Bertz CT molecular complexity index is 3030. The van der Waals surface area contributed by atoms with Crippen LogP contribution in [-0.4, -0.2) is 24.1 Å². The fourth-order valence-electron chi connectivity index (χ4n) is 9.22. The Hall–Kier alpha value is -6.50. The molecule has 0 bridgehead atoms. The van der Waals surface area contributed by atoms with Crippen LogP contribution in [0.25, 0.3) is 66.4 Å². The van der Waals surface area contributed by atoms with Gasteiger partial charge in [0, 0.05) is 54.9 Å². The van der Waals surface area contributed by atoms with Gasteiger partial charge in [0.05, 0.1) is 62.6 Å². The summed E-state index contributed by atoms with van der Waals surface area (Å²) in [7, 11) is 0. The number of hydrogen-bond acceptors (Lipinski definition) is 4. The van der Waals surface area contributed by atoms with Gasteiger partial charge in [0.15, 0.2) is 0 Å². The van der Waals surface area contributed by atoms with Gasteiger partial charge >= 0.3 is 0 Å². The van der Waals surface area contributed by atoms with Crippen LogP contribution in [0, 0.1) is 0 Å². The first-order chi connectivity index (χ1) is 25.8. The molecule has 2 aliphatic rings. The highest BCUT2D eigenvalue weighted by Crippen LogP contribution is 2.63. The van der Waals surface area contributed by atoms with E-state index in [-0.39, 0.29) is 0 Å². The molecule has 0 saturated carbocycles. The smallest absolute Gasteiger partial charge is 0.0939 e. The highest BCUT2D eigenvalue weighted by atomic mass is 32.2. The van der Waals surface area contributed by atoms with Crippen molar-refractivity contribution in [3.8, 4) is 22.8 Å². The molecular formula is C46H27N5S. The van der Waals surface area contributed by atoms with Crippen LogP contribution in [0.15, 0.2) is 174 Å². The maximum Gasteiger partial charge on any atom is 0.0939 e. The monoisotopic (exact) mass is 681 g/mol. The number of para-hydroxylation sites is 3. The minimum Gasteiger partial charge on any atom is -0.308 e. The third-order valence-corrected chi connectivity index (χ3v) is 12.3. The third kappa shape index (κ3) is 3.47. The van der Waals surface area contributed by atoms with Crippen molar-refractivity contribution in [3.63, 3.8) is 0 Å². The zero-order valence-corrected chi connectivity index (χ0v) is 28.5. The molecule has 0 radical (unpaired) electrons. The van der Waals surface area contributed by atoms with E-state index in [4.69, 9.17) is 9.97 Å². The predicted octanol–water partition coefficient (Wildman–Crippen LogP) is 10.9. The fourth-order valence-corrected chi connectivity index (χ4v) is 10.4. The van der Waals surface area contributed by atoms with Crippen molar-refractivity contribution in [1.29, 1.82) is 0 Å². The van der Waals surface area contributed by atoms with E-state index in [9.17, 15) is 0 Å². The second kappa shape index (κ2) is 10.3. The number of benzene rings is 5. The SMILES string of the molecule is c1ccc2c(c1)Sc1cccc(-n3c4ccccc4c4ccncc43)c1C21c2cccnc2-c2ncc(-n3c4ccccc4c4ccccc43)cc21. The zero-order valence-electron chi connectivity index (χ0n) is 27.7. The van der Waals surface area contributed by atoms with Crippen molar-refractivity contribution < 1.29 is 0 Å². The van der Waals surface area contributed by atoms with Gasteiger partial charge in [-0.3, -0.25) is 15.0 Å². The number of fused-ring (bicyclic) bond motifs is 15. The Kier molecular flexibility index (Phi) is 5.58. The lowest BCUT2D eigenvalue weighted by molar-refractivity contribution is 0.712. The zero-order chi connectivity index (χ0) is 34.0. The molecule has 1 aliphatic carbocycles. The number of hydrogen-bond donors (Lipinski definition) is 0. The molecular weight excluding hydrogens is 655 g/mol. The molecule has 12 rings (SSSR count). The summed E-state index contributed by atoms with van der Waals surface area (Å²) in [6, 6.07) is 50.6. The molecule has 1 atom stereocenters. The van der Waals surface area contributed by atoms with Crippen LogP contribution < -0.4 is 0 Å². The summed E-state index contributed by atoms with van der Waals surface area (Å²) >= 11 is 1.85. The van der Waals surface area contributed by atoms with Crippen LogP contribution in [0.1, 0.15) is 22.3 Å². The minimum absolute atomic E-state index is 0.700. The molecule has 52 heavy (non-hydrogen) atoms. The molecule has 1 spiro atoms. The van der Waals surface area contributed by atoms with Gasteiger partial charge in [-0.25, -0.2) is 0 Å². The van der Waals surface area contributed by atoms with E-state index in [0.717, 1.165) is 56.0 Å². The number of pyridine rings is 3. The first kappa shape index (κ1) is 28.2. The quantitative estimate of drug-likeness (QED) is 0.182. The van der Waals surface area contributed by atoms with E-state index in [1.54, 1.807) is 0 Å². The molecule has 1 unspecified atom stereocenters. The second-order valence-corrected chi connectivity index (χ2v) is 14.7. The lowest BCUT2D eigenvalue weighted by Gasteiger charge is -2.40. The molecule has 5 nitrogen and oxygen atoms in total. The van der Waals surface area contributed by atoms with Gasteiger partial charge in [-0.2, -0.15) is 0 Å². The lowest BCUT2D eigenvalue weighted by Crippen LogP contribution is -2.33. The number of rotatable bonds is 2. The Morgan fingerprint density at radius 3 is 1.88 bits per heavy atom. The van der Waals surface area contributed by atoms with Gasteiger partial charge in [0.25, 0.3) is 0 Å². The summed E-state index contributed by atoms with van der Waals surface area (Å²) in [6.45, 7) is 0. The molecule has 5 aromatic heterocycles. The summed E-state index contributed by atoms with van der Waals surface area (Å²) in [6.07, 6.45) is 7.83. The second-order valence-electron chi connectivity index (χ2n) is 13.6. The van der Waals surface area contributed by atoms with E-state index < -0.39 is 5.41 Å². The van der Waals surface area contributed by atoms with Crippen LogP contribution in [0.5, 0.6) is 0 Å². The van der Waals surface area contributed by atoms with Gasteiger partial charge < -0.3 is 9.13 Å². The standard InChI is InChI=1S/C46H27N5S/c1-5-16-36-29(11-1)30-12-2-6-17-37(30)50(36)28-25-35-45(49-26-28)44-34(15-10-23-48-44)46(35)33-14-4-8-20-41(33)52-42-21-9-19-39(43(42)46)51-38-18-7-3-13-31(38)32-22-24-47-27-40(32)51/h1-27H. The van der Waals surface area contributed by atoms with Crippen molar-refractivity contribution in [2.45, 2.75) is 15.2 Å². The molecule has 0 fully saturated rings. The molecule has 6 heterocycles.